The molecular weight excluding hydrogens is 188 g/mol. The van der Waals surface area contributed by atoms with Crippen LogP contribution in [0.25, 0.3) is 0 Å². The van der Waals surface area contributed by atoms with Crippen molar-refractivity contribution in [2.75, 3.05) is 0 Å². The van der Waals surface area contributed by atoms with Gasteiger partial charge in [-0.2, -0.15) is 0 Å². The monoisotopic (exact) mass is 198 g/mol. The highest BCUT2D eigenvalue weighted by Gasteiger charge is 2.00. The Balaban J connectivity index is 3.05. The zero-order valence-corrected chi connectivity index (χ0v) is 8.32. The van der Waals surface area contributed by atoms with E-state index in [9.17, 15) is 4.79 Å². The van der Waals surface area contributed by atoms with Crippen LogP contribution in [0, 0.1) is 0 Å². The van der Waals surface area contributed by atoms with Crippen molar-refractivity contribution < 1.29 is 4.79 Å². The molecule has 0 aromatic carbocycles. The first-order chi connectivity index (χ1) is 4.81. The molecule has 10 heavy (non-hydrogen) atoms. The summed E-state index contributed by atoms with van der Waals surface area (Å²) < 4.78 is 0. The summed E-state index contributed by atoms with van der Waals surface area (Å²) >= 11 is 0. The normalized spacial score (nSPS) is 9.80. The van der Waals surface area contributed by atoms with Crippen LogP contribution >= 0.6 is 31.5 Å². The van der Waals surface area contributed by atoms with E-state index < -0.39 is 0 Å². The Morgan fingerprint density at radius 3 is 2.70 bits per heavy atom. The molecule has 0 aliphatic heterocycles. The molecule has 0 bridgehead atoms. The van der Waals surface area contributed by atoms with Crippen LogP contribution in [-0.2, 0) is 4.79 Å². The van der Waals surface area contributed by atoms with Crippen LogP contribution in [0.1, 0.15) is 32.6 Å². The van der Waals surface area contributed by atoms with Gasteiger partial charge in [0.2, 0.25) is 5.12 Å². The lowest BCUT2D eigenvalue weighted by Gasteiger charge is -1.94. The smallest absolute Gasteiger partial charge is 0.200 e. The summed E-state index contributed by atoms with van der Waals surface area (Å²) in [6.45, 7) is 2.12. The van der Waals surface area contributed by atoms with Crippen molar-refractivity contribution in [3.05, 3.63) is 0 Å². The Morgan fingerprint density at radius 1 is 1.50 bits per heavy atom. The molecule has 0 saturated carbocycles. The molecule has 0 N–H and O–H groups in total. The summed E-state index contributed by atoms with van der Waals surface area (Å²) in [5.41, 5.74) is 0. The van der Waals surface area contributed by atoms with E-state index in [1.807, 2.05) is 0 Å². The number of halogens is 1. The minimum atomic E-state index is 0.188. The number of hydrogen-bond acceptors (Lipinski definition) is 3. The summed E-state index contributed by atoms with van der Waals surface area (Å²) in [6.07, 6.45) is 3.96. The van der Waals surface area contributed by atoms with Crippen molar-refractivity contribution >= 4 is 36.6 Å². The van der Waals surface area contributed by atoms with E-state index in [1.165, 1.54) is 0 Å². The molecule has 0 rings (SSSR count). The number of hydrogen-bond donors (Lipinski definition) is 0. The second-order valence-electron chi connectivity index (χ2n) is 1.98. The van der Waals surface area contributed by atoms with E-state index in [2.05, 4.69) is 6.92 Å². The highest BCUT2D eigenvalue weighted by atomic mass is 35.7. The van der Waals surface area contributed by atoms with Gasteiger partial charge in [-0.25, -0.2) is 0 Å². The zero-order chi connectivity index (χ0) is 7.82. The molecule has 0 aromatic heterocycles. The molecule has 0 saturated heterocycles. The first-order valence-electron chi connectivity index (χ1n) is 3.29. The Kier molecular flexibility index (Phi) is 8.28. The number of rotatable bonds is 5. The maximum atomic E-state index is 10.8. The van der Waals surface area contributed by atoms with Crippen LogP contribution in [0.2, 0.25) is 0 Å². The summed E-state index contributed by atoms with van der Waals surface area (Å²) in [5, 5.41) is 0.188. The molecule has 0 aromatic rings. The molecule has 0 spiro atoms. The maximum absolute atomic E-state index is 10.8. The average Bonchev–Trinajstić information content (AvgIpc) is 1.89. The largest absolute Gasteiger partial charge is 0.286 e. The van der Waals surface area contributed by atoms with Gasteiger partial charge in [0.15, 0.2) is 0 Å². The highest BCUT2D eigenvalue weighted by molar-refractivity contribution is 8.89. The van der Waals surface area contributed by atoms with Crippen LogP contribution in [-0.4, -0.2) is 5.12 Å². The van der Waals surface area contributed by atoms with E-state index in [0.717, 1.165) is 40.1 Å². The van der Waals surface area contributed by atoms with Crippen LogP contribution in [0.5, 0.6) is 0 Å². The van der Waals surface area contributed by atoms with Crippen molar-refractivity contribution in [1.29, 1.82) is 0 Å². The van der Waals surface area contributed by atoms with Crippen molar-refractivity contribution in [3.8, 4) is 0 Å². The van der Waals surface area contributed by atoms with Gasteiger partial charge < -0.3 is 0 Å². The van der Waals surface area contributed by atoms with Gasteiger partial charge in [-0.15, -0.1) is 0 Å². The minimum Gasteiger partial charge on any atom is -0.286 e. The maximum Gasteiger partial charge on any atom is 0.200 e. The van der Waals surface area contributed by atoms with E-state index >= 15 is 0 Å². The predicted octanol–water partition coefficient (Wildman–Crippen LogP) is 3.63. The van der Waals surface area contributed by atoms with Crippen LogP contribution in [0.3, 0.4) is 0 Å². The molecular formula is C6H11ClOS2. The van der Waals surface area contributed by atoms with Crippen LogP contribution in [0.4, 0.5) is 0 Å². The summed E-state index contributed by atoms with van der Waals surface area (Å²) in [7, 11) is 7.40. The fraction of sp³-hybridized carbons (Fsp3) is 0.833. The molecule has 0 fully saturated rings. The van der Waals surface area contributed by atoms with E-state index in [0.29, 0.717) is 6.42 Å². The highest BCUT2D eigenvalue weighted by Crippen LogP contribution is 2.27. The van der Waals surface area contributed by atoms with Gasteiger partial charge in [-0.1, -0.05) is 19.8 Å². The Morgan fingerprint density at radius 2 is 2.20 bits per heavy atom. The van der Waals surface area contributed by atoms with Gasteiger partial charge in [0.1, 0.15) is 0 Å². The second kappa shape index (κ2) is 7.76. The van der Waals surface area contributed by atoms with Gasteiger partial charge >= 0.3 is 0 Å². The van der Waals surface area contributed by atoms with Crippen molar-refractivity contribution in [3.63, 3.8) is 0 Å². The standard InChI is InChI=1S/C6H11ClOS2/c1-2-3-4-5-6(8)9-10-7/h2-5H2,1H3. The van der Waals surface area contributed by atoms with Crippen LogP contribution in [0.15, 0.2) is 0 Å². The fourth-order valence-corrected chi connectivity index (χ4v) is 1.99. The Labute approximate surface area is 74.2 Å². The zero-order valence-electron chi connectivity index (χ0n) is 5.93. The molecule has 0 aliphatic rings. The Hall–Kier alpha value is 0.660. The van der Waals surface area contributed by atoms with Gasteiger partial charge in [0.05, 0.1) is 0 Å². The topological polar surface area (TPSA) is 17.1 Å². The molecule has 1 nitrogen and oxygen atoms in total. The van der Waals surface area contributed by atoms with Gasteiger partial charge in [0.25, 0.3) is 0 Å². The van der Waals surface area contributed by atoms with E-state index in [1.54, 1.807) is 0 Å². The number of carbonyl (C=O) groups is 1. The summed E-state index contributed by atoms with van der Waals surface area (Å²) in [5.74, 6) is 0. The third kappa shape index (κ3) is 6.78. The van der Waals surface area contributed by atoms with E-state index in [-0.39, 0.29) is 5.12 Å². The number of carbonyl (C=O) groups excluding carboxylic acids is 1. The van der Waals surface area contributed by atoms with Crippen LogP contribution < -0.4 is 0 Å². The molecule has 0 atom stereocenters. The SMILES string of the molecule is CCCCCC(=O)SSCl. The van der Waals surface area contributed by atoms with Gasteiger partial charge in [0, 0.05) is 16.4 Å². The second-order valence-corrected chi connectivity index (χ2v) is 4.74. The lowest BCUT2D eigenvalue weighted by Crippen LogP contribution is -1.87. The molecule has 0 heterocycles. The fourth-order valence-electron chi connectivity index (χ4n) is 0.596. The average molecular weight is 199 g/mol. The summed E-state index contributed by atoms with van der Waals surface area (Å²) in [6, 6.07) is 0. The van der Waals surface area contributed by atoms with Crippen molar-refractivity contribution in [2.45, 2.75) is 32.6 Å². The van der Waals surface area contributed by atoms with Crippen molar-refractivity contribution in [1.82, 2.24) is 0 Å². The Bertz CT molecular complexity index is 97.7. The molecule has 0 unspecified atom stereocenters. The molecule has 60 valence electrons. The molecule has 0 radical (unpaired) electrons. The van der Waals surface area contributed by atoms with Gasteiger partial charge in [-0.3, -0.25) is 4.79 Å². The lowest BCUT2D eigenvalue weighted by molar-refractivity contribution is -0.110. The van der Waals surface area contributed by atoms with Gasteiger partial charge in [-0.05, 0) is 27.9 Å². The quantitative estimate of drug-likeness (QED) is 0.496. The third-order valence-electron chi connectivity index (χ3n) is 1.11. The van der Waals surface area contributed by atoms with E-state index in [4.69, 9.17) is 10.7 Å². The first kappa shape index (κ1) is 10.7. The van der Waals surface area contributed by atoms with Crippen molar-refractivity contribution in [2.24, 2.45) is 0 Å². The lowest BCUT2D eigenvalue weighted by atomic mass is 10.2. The molecule has 4 heteroatoms. The molecule has 0 amide bonds. The first-order valence-corrected chi connectivity index (χ1v) is 6.27. The third-order valence-corrected chi connectivity index (χ3v) is 2.88. The number of unbranched alkanes of at least 4 members (excludes halogenated alkanes) is 2. The minimum absolute atomic E-state index is 0.188. The predicted molar refractivity (Wildman–Crippen MR) is 50.2 cm³/mol. The summed E-state index contributed by atoms with van der Waals surface area (Å²) in [4.78, 5) is 10.8. The molecule has 0 aliphatic carbocycles.